The molecule has 2 atom stereocenters. The molecule has 3 rings (SSSR count). The quantitative estimate of drug-likeness (QED) is 0.765. The van der Waals surface area contributed by atoms with Crippen molar-refractivity contribution in [2.24, 2.45) is 11.5 Å². The Hall–Kier alpha value is -1.64. The van der Waals surface area contributed by atoms with Gasteiger partial charge >= 0.3 is 0 Å². The van der Waals surface area contributed by atoms with Gasteiger partial charge in [-0.05, 0) is 61.1 Å². The van der Waals surface area contributed by atoms with Crippen molar-refractivity contribution in [1.29, 1.82) is 0 Å². The van der Waals surface area contributed by atoms with Gasteiger partial charge in [-0.1, -0.05) is 35.4 Å². The maximum absolute atomic E-state index is 6.44. The zero-order chi connectivity index (χ0) is 14.6. The molecular weight excluding hydrogens is 244 g/mol. The van der Waals surface area contributed by atoms with Crippen LogP contribution in [-0.2, 0) is 0 Å². The molecule has 2 heteroatoms. The molecule has 0 saturated carbocycles. The summed E-state index contributed by atoms with van der Waals surface area (Å²) >= 11 is 0. The largest absolute Gasteiger partial charge is 0.322 e. The maximum Gasteiger partial charge on any atom is 0.0500 e. The van der Waals surface area contributed by atoms with E-state index in [-0.39, 0.29) is 12.1 Å². The second-order valence-electron chi connectivity index (χ2n) is 6.14. The minimum Gasteiger partial charge on any atom is -0.322 e. The monoisotopic (exact) mass is 266 g/mol. The molecule has 0 radical (unpaired) electrons. The fraction of sp³-hybridized carbons (Fsp3) is 0.333. The molecule has 0 aliphatic heterocycles. The second-order valence-corrected chi connectivity index (χ2v) is 6.14. The summed E-state index contributed by atoms with van der Waals surface area (Å²) in [6.45, 7) is 8.53. The molecule has 1 aliphatic carbocycles. The molecule has 1 aliphatic rings. The molecule has 0 fully saturated rings. The van der Waals surface area contributed by atoms with Crippen LogP contribution >= 0.6 is 0 Å². The molecule has 0 heterocycles. The standard InChI is InChI=1S/C18H22N2/c1-9-5-11(3)15-13(7-9)14-8-10(2)6-12(4)16(14)18(20)17(15)19/h5-8,17-18H,19-20H2,1-4H3/t17-,18?/m1/s1. The molecule has 2 nitrogen and oxygen atoms in total. The second kappa shape index (κ2) is 4.44. The Bertz CT molecular complexity index is 640. The highest BCUT2D eigenvalue weighted by atomic mass is 14.8. The number of hydrogen-bond donors (Lipinski definition) is 2. The van der Waals surface area contributed by atoms with E-state index in [0.717, 1.165) is 0 Å². The molecule has 2 aromatic rings. The van der Waals surface area contributed by atoms with Gasteiger partial charge in [-0.15, -0.1) is 0 Å². The first-order valence-electron chi connectivity index (χ1n) is 7.14. The third kappa shape index (κ3) is 1.80. The van der Waals surface area contributed by atoms with Crippen LogP contribution in [0.3, 0.4) is 0 Å². The molecule has 20 heavy (non-hydrogen) atoms. The predicted molar refractivity (Wildman–Crippen MR) is 84.7 cm³/mol. The van der Waals surface area contributed by atoms with Crippen LogP contribution in [0.2, 0.25) is 0 Å². The maximum atomic E-state index is 6.44. The average Bonchev–Trinajstić information content (AvgIpc) is 2.34. The van der Waals surface area contributed by atoms with Crippen LogP contribution in [0, 0.1) is 27.7 Å². The van der Waals surface area contributed by atoms with E-state index < -0.39 is 0 Å². The van der Waals surface area contributed by atoms with Crippen molar-refractivity contribution in [1.82, 2.24) is 0 Å². The summed E-state index contributed by atoms with van der Waals surface area (Å²) in [5.74, 6) is 0. The third-order valence-electron chi connectivity index (χ3n) is 4.41. The Morgan fingerprint density at radius 1 is 0.650 bits per heavy atom. The van der Waals surface area contributed by atoms with E-state index in [4.69, 9.17) is 11.5 Å². The summed E-state index contributed by atoms with van der Waals surface area (Å²) in [5.41, 5.74) is 22.8. The van der Waals surface area contributed by atoms with Crippen LogP contribution in [0.25, 0.3) is 11.1 Å². The number of nitrogens with two attached hydrogens (primary N) is 2. The van der Waals surface area contributed by atoms with E-state index in [9.17, 15) is 0 Å². The summed E-state index contributed by atoms with van der Waals surface area (Å²) in [5, 5.41) is 0. The Morgan fingerprint density at radius 3 is 1.35 bits per heavy atom. The predicted octanol–water partition coefficient (Wildman–Crippen LogP) is 3.60. The number of fused-ring (bicyclic) bond motifs is 3. The van der Waals surface area contributed by atoms with Crippen molar-refractivity contribution in [3.05, 3.63) is 57.6 Å². The Balaban J connectivity index is 2.42. The van der Waals surface area contributed by atoms with Gasteiger partial charge in [-0.25, -0.2) is 0 Å². The van der Waals surface area contributed by atoms with Crippen molar-refractivity contribution in [2.45, 2.75) is 39.8 Å². The fourth-order valence-corrected chi connectivity index (χ4v) is 3.65. The van der Waals surface area contributed by atoms with Crippen LogP contribution in [-0.4, -0.2) is 0 Å². The molecule has 0 spiro atoms. The first-order chi connectivity index (χ1) is 9.40. The fourth-order valence-electron chi connectivity index (χ4n) is 3.65. The smallest absolute Gasteiger partial charge is 0.0500 e. The Labute approximate surface area is 120 Å². The summed E-state index contributed by atoms with van der Waals surface area (Å²) in [4.78, 5) is 0. The van der Waals surface area contributed by atoms with Gasteiger partial charge in [0.25, 0.3) is 0 Å². The normalized spacial score (nSPS) is 20.5. The van der Waals surface area contributed by atoms with Crippen molar-refractivity contribution >= 4 is 0 Å². The van der Waals surface area contributed by atoms with Gasteiger partial charge in [0.2, 0.25) is 0 Å². The summed E-state index contributed by atoms with van der Waals surface area (Å²) in [7, 11) is 0. The number of rotatable bonds is 0. The molecule has 0 saturated heterocycles. The van der Waals surface area contributed by atoms with Gasteiger partial charge < -0.3 is 11.5 Å². The Kier molecular flexibility index (Phi) is 2.96. The average molecular weight is 266 g/mol. The SMILES string of the molecule is Cc1cc(C)c2c(c1)-c1cc(C)cc(C)c1[C@@H](N)C2N. The highest BCUT2D eigenvalue weighted by molar-refractivity contribution is 5.78. The molecule has 2 aromatic carbocycles. The first-order valence-corrected chi connectivity index (χ1v) is 7.14. The van der Waals surface area contributed by atoms with Gasteiger partial charge in [0.05, 0.1) is 0 Å². The van der Waals surface area contributed by atoms with Crippen LogP contribution in [0.1, 0.15) is 45.5 Å². The third-order valence-corrected chi connectivity index (χ3v) is 4.41. The van der Waals surface area contributed by atoms with Crippen molar-refractivity contribution in [3.63, 3.8) is 0 Å². The lowest BCUT2D eigenvalue weighted by atomic mass is 9.75. The highest BCUT2D eigenvalue weighted by Crippen LogP contribution is 2.45. The molecule has 4 N–H and O–H groups in total. The Morgan fingerprint density at radius 2 is 1.00 bits per heavy atom. The van der Waals surface area contributed by atoms with Gasteiger partial charge in [0, 0.05) is 12.1 Å². The van der Waals surface area contributed by atoms with Crippen molar-refractivity contribution in [2.75, 3.05) is 0 Å². The summed E-state index contributed by atoms with van der Waals surface area (Å²) in [6.07, 6.45) is 0. The van der Waals surface area contributed by atoms with Crippen LogP contribution in [0.4, 0.5) is 0 Å². The molecule has 1 unspecified atom stereocenters. The van der Waals surface area contributed by atoms with E-state index in [0.29, 0.717) is 0 Å². The lowest BCUT2D eigenvalue weighted by Gasteiger charge is -2.34. The topological polar surface area (TPSA) is 52.0 Å². The van der Waals surface area contributed by atoms with E-state index in [1.807, 2.05) is 0 Å². The van der Waals surface area contributed by atoms with E-state index >= 15 is 0 Å². The summed E-state index contributed by atoms with van der Waals surface area (Å²) in [6, 6.07) is 8.62. The zero-order valence-electron chi connectivity index (χ0n) is 12.6. The first kappa shape index (κ1) is 13.3. The lowest BCUT2D eigenvalue weighted by molar-refractivity contribution is 0.562. The zero-order valence-corrected chi connectivity index (χ0v) is 12.6. The minimum atomic E-state index is -0.125. The van der Waals surface area contributed by atoms with Crippen LogP contribution in [0.5, 0.6) is 0 Å². The number of aryl methyl sites for hydroxylation is 4. The van der Waals surface area contributed by atoms with Crippen LogP contribution < -0.4 is 11.5 Å². The van der Waals surface area contributed by atoms with Gasteiger partial charge in [-0.2, -0.15) is 0 Å². The van der Waals surface area contributed by atoms with Crippen molar-refractivity contribution in [3.8, 4) is 11.1 Å². The summed E-state index contributed by atoms with van der Waals surface area (Å²) < 4.78 is 0. The van der Waals surface area contributed by atoms with Crippen molar-refractivity contribution < 1.29 is 0 Å². The van der Waals surface area contributed by atoms with E-state index in [1.165, 1.54) is 44.5 Å². The molecule has 104 valence electrons. The van der Waals surface area contributed by atoms with Gasteiger partial charge in [0.1, 0.15) is 0 Å². The van der Waals surface area contributed by atoms with Crippen LogP contribution in [0.15, 0.2) is 24.3 Å². The highest BCUT2D eigenvalue weighted by Gasteiger charge is 2.31. The van der Waals surface area contributed by atoms with Gasteiger partial charge in [-0.3, -0.25) is 0 Å². The molecule has 0 amide bonds. The minimum absolute atomic E-state index is 0.125. The number of hydrogen-bond acceptors (Lipinski definition) is 2. The molecule has 0 aromatic heterocycles. The van der Waals surface area contributed by atoms with E-state index in [2.05, 4.69) is 52.0 Å². The number of benzene rings is 2. The van der Waals surface area contributed by atoms with Gasteiger partial charge in [0.15, 0.2) is 0 Å². The molecular formula is C18H22N2. The molecule has 0 bridgehead atoms. The lowest BCUT2D eigenvalue weighted by Crippen LogP contribution is -2.31. The van der Waals surface area contributed by atoms with E-state index in [1.54, 1.807) is 0 Å².